The van der Waals surface area contributed by atoms with Gasteiger partial charge in [0.15, 0.2) is 0 Å². The average Bonchev–Trinajstić information content (AvgIpc) is 2.36. The molecular formula is C12H20N2O4S. The molecule has 0 aliphatic carbocycles. The van der Waals surface area contributed by atoms with Crippen molar-refractivity contribution < 1.29 is 17.9 Å². The molecule has 0 aliphatic heterocycles. The molecule has 3 N–H and O–H groups in total. The van der Waals surface area contributed by atoms with Crippen LogP contribution in [0.2, 0.25) is 0 Å². The lowest BCUT2D eigenvalue weighted by molar-refractivity contribution is 0.180. The first kappa shape index (κ1) is 15.9. The first-order valence-electron chi connectivity index (χ1n) is 5.94. The maximum absolute atomic E-state index is 12.0. The van der Waals surface area contributed by atoms with Gasteiger partial charge in [0.2, 0.25) is 10.0 Å². The van der Waals surface area contributed by atoms with Crippen LogP contribution < -0.4 is 15.2 Å². The summed E-state index contributed by atoms with van der Waals surface area (Å²) in [6.45, 7) is 2.86. The Hall–Kier alpha value is -1.15. The monoisotopic (exact) mass is 288 g/mol. The molecule has 0 aliphatic rings. The van der Waals surface area contributed by atoms with Crippen molar-refractivity contribution in [3.05, 3.63) is 24.3 Å². The van der Waals surface area contributed by atoms with Crippen LogP contribution >= 0.6 is 0 Å². The highest BCUT2D eigenvalue weighted by molar-refractivity contribution is 7.89. The molecule has 0 spiro atoms. The molecule has 0 radical (unpaired) electrons. The molecule has 0 bridgehead atoms. The Morgan fingerprint density at radius 3 is 2.47 bits per heavy atom. The molecule has 108 valence electrons. The summed E-state index contributed by atoms with van der Waals surface area (Å²) in [5.41, 5.74) is 5.32. The van der Waals surface area contributed by atoms with Crippen LogP contribution in [0.4, 0.5) is 0 Å². The second-order valence-electron chi connectivity index (χ2n) is 4.09. The second-order valence-corrected chi connectivity index (χ2v) is 5.80. The van der Waals surface area contributed by atoms with Gasteiger partial charge in [-0.3, -0.25) is 0 Å². The van der Waals surface area contributed by atoms with Gasteiger partial charge >= 0.3 is 0 Å². The van der Waals surface area contributed by atoms with Crippen molar-refractivity contribution in [2.75, 3.05) is 26.9 Å². The smallest absolute Gasteiger partial charge is 0.240 e. The standard InChI is InChI=1S/C12H20N2O4S/c1-10(9-17-2)14-19(15,16)12-5-3-11(4-6-12)18-8-7-13/h3-6,10,14H,7-9,13H2,1-2H3. The van der Waals surface area contributed by atoms with E-state index in [0.29, 0.717) is 25.5 Å². The van der Waals surface area contributed by atoms with E-state index in [9.17, 15) is 8.42 Å². The van der Waals surface area contributed by atoms with Crippen molar-refractivity contribution in [1.29, 1.82) is 0 Å². The summed E-state index contributed by atoms with van der Waals surface area (Å²) in [6, 6.07) is 5.90. The number of hydrogen-bond donors (Lipinski definition) is 2. The van der Waals surface area contributed by atoms with E-state index in [1.54, 1.807) is 19.1 Å². The quantitative estimate of drug-likeness (QED) is 0.719. The highest BCUT2D eigenvalue weighted by Crippen LogP contribution is 2.16. The lowest BCUT2D eigenvalue weighted by atomic mass is 10.3. The molecule has 1 atom stereocenters. The van der Waals surface area contributed by atoms with Crippen LogP contribution in [0.25, 0.3) is 0 Å². The third-order valence-electron chi connectivity index (χ3n) is 2.29. The number of rotatable bonds is 8. The van der Waals surface area contributed by atoms with Gasteiger partial charge in [-0.15, -0.1) is 0 Å². The Balaban J connectivity index is 2.73. The van der Waals surface area contributed by atoms with Crippen LogP contribution in [0.15, 0.2) is 29.2 Å². The van der Waals surface area contributed by atoms with Gasteiger partial charge in [0.25, 0.3) is 0 Å². The van der Waals surface area contributed by atoms with E-state index in [-0.39, 0.29) is 10.9 Å². The zero-order valence-electron chi connectivity index (χ0n) is 11.1. The largest absolute Gasteiger partial charge is 0.492 e. The molecule has 0 saturated heterocycles. The highest BCUT2D eigenvalue weighted by Gasteiger charge is 2.17. The molecular weight excluding hydrogens is 268 g/mol. The van der Waals surface area contributed by atoms with Crippen LogP contribution in [-0.2, 0) is 14.8 Å². The Bertz CT molecular complexity index is 473. The normalized spacial score (nSPS) is 13.2. The van der Waals surface area contributed by atoms with E-state index in [1.165, 1.54) is 19.2 Å². The molecule has 0 aromatic heterocycles. The van der Waals surface area contributed by atoms with Gasteiger partial charge in [-0.05, 0) is 31.2 Å². The number of nitrogens with two attached hydrogens (primary N) is 1. The minimum absolute atomic E-state index is 0.190. The van der Waals surface area contributed by atoms with Crippen molar-refractivity contribution in [1.82, 2.24) is 4.72 Å². The fraction of sp³-hybridized carbons (Fsp3) is 0.500. The number of methoxy groups -OCH3 is 1. The summed E-state index contributed by atoms with van der Waals surface area (Å²) in [6.07, 6.45) is 0. The van der Waals surface area contributed by atoms with Crippen molar-refractivity contribution in [2.24, 2.45) is 5.73 Å². The third kappa shape index (κ3) is 5.15. The minimum atomic E-state index is -3.53. The van der Waals surface area contributed by atoms with Gasteiger partial charge in [-0.1, -0.05) is 0 Å². The van der Waals surface area contributed by atoms with Gasteiger partial charge in [0.1, 0.15) is 12.4 Å². The maximum atomic E-state index is 12.0. The first-order chi connectivity index (χ1) is 8.99. The molecule has 7 heteroatoms. The fourth-order valence-electron chi connectivity index (χ4n) is 1.51. The molecule has 19 heavy (non-hydrogen) atoms. The van der Waals surface area contributed by atoms with Crippen LogP contribution in [0, 0.1) is 0 Å². The lowest BCUT2D eigenvalue weighted by Crippen LogP contribution is -2.35. The van der Waals surface area contributed by atoms with Gasteiger partial charge in [-0.2, -0.15) is 0 Å². The van der Waals surface area contributed by atoms with Gasteiger partial charge in [0, 0.05) is 19.7 Å². The first-order valence-corrected chi connectivity index (χ1v) is 7.42. The van der Waals surface area contributed by atoms with Crippen LogP contribution in [-0.4, -0.2) is 41.3 Å². The summed E-state index contributed by atoms with van der Waals surface area (Å²) in [7, 11) is -2.01. The molecule has 0 saturated carbocycles. The van der Waals surface area contributed by atoms with E-state index in [0.717, 1.165) is 0 Å². The Morgan fingerprint density at radius 2 is 1.95 bits per heavy atom. The van der Waals surface area contributed by atoms with Crippen LogP contribution in [0.1, 0.15) is 6.92 Å². The molecule has 0 amide bonds. The fourth-order valence-corrected chi connectivity index (χ4v) is 2.74. The highest BCUT2D eigenvalue weighted by atomic mass is 32.2. The molecule has 1 aromatic carbocycles. The summed E-state index contributed by atoms with van der Waals surface area (Å²) in [5, 5.41) is 0. The Kier molecular flexibility index (Phi) is 6.23. The molecule has 6 nitrogen and oxygen atoms in total. The minimum Gasteiger partial charge on any atom is -0.492 e. The van der Waals surface area contributed by atoms with Gasteiger partial charge in [-0.25, -0.2) is 13.1 Å². The maximum Gasteiger partial charge on any atom is 0.240 e. The van der Waals surface area contributed by atoms with Crippen LogP contribution in [0.3, 0.4) is 0 Å². The van der Waals surface area contributed by atoms with Gasteiger partial charge < -0.3 is 15.2 Å². The molecule has 1 aromatic rings. The SMILES string of the molecule is COCC(C)NS(=O)(=O)c1ccc(OCCN)cc1. The molecule has 1 rings (SSSR count). The number of nitrogens with one attached hydrogen (secondary N) is 1. The number of sulfonamides is 1. The predicted octanol–water partition coefficient (Wildman–Crippen LogP) is 0.337. The summed E-state index contributed by atoms with van der Waals surface area (Å²) >= 11 is 0. The molecule has 0 heterocycles. The number of ether oxygens (including phenoxy) is 2. The zero-order valence-corrected chi connectivity index (χ0v) is 11.9. The Morgan fingerprint density at radius 1 is 1.32 bits per heavy atom. The summed E-state index contributed by atoms with van der Waals surface area (Å²) in [4.78, 5) is 0.190. The summed E-state index contributed by atoms with van der Waals surface area (Å²) in [5.74, 6) is 0.592. The second kappa shape index (κ2) is 7.44. The molecule has 0 fully saturated rings. The van der Waals surface area contributed by atoms with Crippen molar-refractivity contribution in [2.45, 2.75) is 17.9 Å². The number of benzene rings is 1. The van der Waals surface area contributed by atoms with E-state index < -0.39 is 10.0 Å². The van der Waals surface area contributed by atoms with Gasteiger partial charge in [0.05, 0.1) is 11.5 Å². The zero-order chi connectivity index (χ0) is 14.3. The van der Waals surface area contributed by atoms with Crippen molar-refractivity contribution >= 4 is 10.0 Å². The van der Waals surface area contributed by atoms with Crippen LogP contribution in [0.5, 0.6) is 5.75 Å². The Labute approximate surface area is 113 Å². The summed E-state index contributed by atoms with van der Waals surface area (Å²) < 4.78 is 36.7. The van der Waals surface area contributed by atoms with E-state index >= 15 is 0 Å². The molecule has 1 unspecified atom stereocenters. The predicted molar refractivity (Wildman–Crippen MR) is 72.7 cm³/mol. The lowest BCUT2D eigenvalue weighted by Gasteiger charge is -2.13. The van der Waals surface area contributed by atoms with E-state index in [4.69, 9.17) is 15.2 Å². The van der Waals surface area contributed by atoms with Crippen molar-refractivity contribution in [3.8, 4) is 5.75 Å². The van der Waals surface area contributed by atoms with E-state index in [1.807, 2.05) is 0 Å². The van der Waals surface area contributed by atoms with Crippen molar-refractivity contribution in [3.63, 3.8) is 0 Å². The average molecular weight is 288 g/mol. The topological polar surface area (TPSA) is 90.6 Å². The number of hydrogen-bond acceptors (Lipinski definition) is 5. The van der Waals surface area contributed by atoms with E-state index in [2.05, 4.69) is 4.72 Å². The third-order valence-corrected chi connectivity index (χ3v) is 3.90.